The van der Waals surface area contributed by atoms with Crippen molar-refractivity contribution in [1.29, 1.82) is 0 Å². The van der Waals surface area contributed by atoms with Gasteiger partial charge in [-0.25, -0.2) is 4.39 Å². The molecule has 162 valence electrons. The van der Waals surface area contributed by atoms with E-state index in [-0.39, 0.29) is 18.5 Å². The molecule has 0 unspecified atom stereocenters. The minimum atomic E-state index is -0.259. The highest BCUT2D eigenvalue weighted by Gasteiger charge is 2.21. The Morgan fingerprint density at radius 1 is 1.13 bits per heavy atom. The summed E-state index contributed by atoms with van der Waals surface area (Å²) in [6, 6.07) is 15.7. The standard InChI is InChI=1S/C24H25FN2O4/c1-29-12-4-11-27(24(28)19-8-9-22-23(14-19)31-17-30-22)16-21-7-3-10-26(21)15-18-5-2-6-20(25)13-18/h2-3,5-10,13-14H,4,11-12,15-17H2,1H3. The number of halogens is 1. The van der Waals surface area contributed by atoms with Crippen LogP contribution in [0.1, 0.15) is 28.0 Å². The molecule has 4 rings (SSSR count). The molecule has 0 atom stereocenters. The van der Waals surface area contributed by atoms with Crippen molar-refractivity contribution in [3.63, 3.8) is 0 Å². The van der Waals surface area contributed by atoms with Gasteiger partial charge in [-0.3, -0.25) is 4.79 Å². The first-order valence-electron chi connectivity index (χ1n) is 10.2. The Balaban J connectivity index is 1.53. The average molecular weight is 424 g/mol. The van der Waals surface area contributed by atoms with Crippen LogP contribution in [0, 0.1) is 5.82 Å². The van der Waals surface area contributed by atoms with Gasteiger partial charge in [-0.15, -0.1) is 0 Å². The lowest BCUT2D eigenvalue weighted by Crippen LogP contribution is -2.33. The third-order valence-electron chi connectivity index (χ3n) is 5.20. The van der Waals surface area contributed by atoms with Gasteiger partial charge in [0.05, 0.1) is 6.54 Å². The molecule has 0 fully saturated rings. The number of methoxy groups -OCH3 is 1. The number of aromatic nitrogens is 1. The van der Waals surface area contributed by atoms with Gasteiger partial charge >= 0.3 is 0 Å². The zero-order valence-corrected chi connectivity index (χ0v) is 17.4. The van der Waals surface area contributed by atoms with Crippen LogP contribution >= 0.6 is 0 Å². The molecule has 6 nitrogen and oxygen atoms in total. The summed E-state index contributed by atoms with van der Waals surface area (Å²) in [6.45, 7) is 2.24. The van der Waals surface area contributed by atoms with Gasteiger partial charge in [0.2, 0.25) is 6.79 Å². The zero-order valence-electron chi connectivity index (χ0n) is 17.4. The number of hydrogen-bond donors (Lipinski definition) is 0. The van der Waals surface area contributed by atoms with E-state index in [1.165, 1.54) is 12.1 Å². The number of amides is 1. The quantitative estimate of drug-likeness (QED) is 0.486. The van der Waals surface area contributed by atoms with Gasteiger partial charge < -0.3 is 23.7 Å². The van der Waals surface area contributed by atoms with Crippen LogP contribution < -0.4 is 9.47 Å². The normalized spacial score (nSPS) is 12.2. The predicted octanol–water partition coefficient (Wildman–Crippen LogP) is 4.08. The van der Waals surface area contributed by atoms with E-state index in [4.69, 9.17) is 14.2 Å². The van der Waals surface area contributed by atoms with E-state index >= 15 is 0 Å². The molecular weight excluding hydrogens is 399 g/mol. The maximum absolute atomic E-state index is 13.6. The minimum Gasteiger partial charge on any atom is -0.454 e. The summed E-state index contributed by atoms with van der Waals surface area (Å²) in [5, 5.41) is 0. The number of nitrogens with zero attached hydrogens (tertiary/aromatic N) is 2. The SMILES string of the molecule is COCCCN(Cc1cccn1Cc1cccc(F)c1)C(=O)c1ccc2c(c1)OCO2. The number of ether oxygens (including phenoxy) is 3. The highest BCUT2D eigenvalue weighted by atomic mass is 19.1. The van der Waals surface area contributed by atoms with Crippen molar-refractivity contribution in [1.82, 2.24) is 9.47 Å². The highest BCUT2D eigenvalue weighted by Crippen LogP contribution is 2.33. The van der Waals surface area contributed by atoms with Crippen LogP contribution in [0.15, 0.2) is 60.8 Å². The smallest absolute Gasteiger partial charge is 0.254 e. The molecule has 31 heavy (non-hydrogen) atoms. The van der Waals surface area contributed by atoms with Crippen LogP contribution in [0.3, 0.4) is 0 Å². The summed E-state index contributed by atoms with van der Waals surface area (Å²) in [5.74, 6) is 0.877. The van der Waals surface area contributed by atoms with Crippen molar-refractivity contribution in [2.75, 3.05) is 27.1 Å². The molecule has 0 N–H and O–H groups in total. The van der Waals surface area contributed by atoms with E-state index in [1.807, 2.05) is 29.0 Å². The maximum atomic E-state index is 13.6. The summed E-state index contributed by atoms with van der Waals surface area (Å²) in [6.07, 6.45) is 2.66. The third kappa shape index (κ3) is 5.06. The van der Waals surface area contributed by atoms with Gasteiger partial charge in [0.1, 0.15) is 5.82 Å². The predicted molar refractivity (Wildman–Crippen MR) is 114 cm³/mol. The van der Waals surface area contributed by atoms with Gasteiger partial charge in [0.25, 0.3) is 5.91 Å². The zero-order chi connectivity index (χ0) is 21.6. The van der Waals surface area contributed by atoms with Crippen LogP contribution in [0.2, 0.25) is 0 Å². The van der Waals surface area contributed by atoms with Gasteiger partial charge in [-0.05, 0) is 54.4 Å². The first-order valence-corrected chi connectivity index (χ1v) is 10.2. The second-order valence-corrected chi connectivity index (χ2v) is 7.40. The Hall–Kier alpha value is -3.32. The second-order valence-electron chi connectivity index (χ2n) is 7.40. The number of hydrogen-bond acceptors (Lipinski definition) is 4. The van der Waals surface area contributed by atoms with Gasteiger partial charge in [0, 0.05) is 44.3 Å². The number of carbonyl (C=O) groups excluding carboxylic acids is 1. The molecule has 0 saturated carbocycles. The van der Waals surface area contributed by atoms with Crippen LogP contribution in [-0.4, -0.2) is 42.4 Å². The Kier molecular flexibility index (Phi) is 6.52. The molecule has 2 aromatic carbocycles. The van der Waals surface area contributed by atoms with Crippen LogP contribution in [0.25, 0.3) is 0 Å². The van der Waals surface area contributed by atoms with Gasteiger partial charge in [-0.2, -0.15) is 0 Å². The molecule has 1 aliphatic rings. The van der Waals surface area contributed by atoms with E-state index in [0.29, 0.717) is 43.3 Å². The van der Waals surface area contributed by atoms with Crippen molar-refractivity contribution >= 4 is 5.91 Å². The molecule has 1 amide bonds. The topological polar surface area (TPSA) is 52.9 Å². The average Bonchev–Trinajstić information content (AvgIpc) is 3.41. The maximum Gasteiger partial charge on any atom is 0.254 e. The van der Waals surface area contributed by atoms with E-state index in [2.05, 4.69) is 0 Å². The molecule has 0 aliphatic carbocycles. The summed E-state index contributed by atoms with van der Waals surface area (Å²) >= 11 is 0. The monoisotopic (exact) mass is 424 g/mol. The van der Waals surface area contributed by atoms with Gasteiger partial charge in [-0.1, -0.05) is 12.1 Å². The molecule has 0 bridgehead atoms. The summed E-state index contributed by atoms with van der Waals surface area (Å²) in [4.78, 5) is 15.1. The number of fused-ring (bicyclic) bond motifs is 1. The van der Waals surface area contributed by atoms with Crippen LogP contribution in [0.5, 0.6) is 11.5 Å². The second kappa shape index (κ2) is 9.66. The van der Waals surface area contributed by atoms with Crippen molar-refractivity contribution in [3.8, 4) is 11.5 Å². The number of carbonyl (C=O) groups is 1. The fourth-order valence-corrected chi connectivity index (χ4v) is 3.64. The Morgan fingerprint density at radius 3 is 2.84 bits per heavy atom. The van der Waals surface area contributed by atoms with Crippen LogP contribution in [0.4, 0.5) is 4.39 Å². The van der Waals surface area contributed by atoms with Crippen molar-refractivity contribution in [3.05, 3.63) is 83.4 Å². The Labute approximate surface area is 180 Å². The first kappa shape index (κ1) is 20.9. The lowest BCUT2D eigenvalue weighted by molar-refractivity contribution is 0.0719. The molecule has 0 saturated heterocycles. The highest BCUT2D eigenvalue weighted by molar-refractivity contribution is 5.95. The van der Waals surface area contributed by atoms with Gasteiger partial charge in [0.15, 0.2) is 11.5 Å². The number of benzene rings is 2. The lowest BCUT2D eigenvalue weighted by atomic mass is 10.1. The largest absolute Gasteiger partial charge is 0.454 e. The number of rotatable bonds is 9. The first-order chi connectivity index (χ1) is 15.1. The molecule has 7 heteroatoms. The fourth-order valence-electron chi connectivity index (χ4n) is 3.64. The van der Waals surface area contributed by atoms with Crippen molar-refractivity contribution in [2.45, 2.75) is 19.5 Å². The minimum absolute atomic E-state index is 0.0899. The molecule has 1 aromatic heterocycles. The Bertz CT molecular complexity index is 1050. The molecule has 0 spiro atoms. The van der Waals surface area contributed by atoms with E-state index in [9.17, 15) is 9.18 Å². The molecular formula is C24H25FN2O4. The molecule has 1 aliphatic heterocycles. The van der Waals surface area contributed by atoms with E-state index in [0.717, 1.165) is 17.7 Å². The van der Waals surface area contributed by atoms with E-state index < -0.39 is 0 Å². The van der Waals surface area contributed by atoms with Crippen molar-refractivity contribution < 1.29 is 23.4 Å². The molecule has 2 heterocycles. The van der Waals surface area contributed by atoms with E-state index in [1.54, 1.807) is 36.3 Å². The molecule has 0 radical (unpaired) electrons. The fraction of sp³-hybridized carbons (Fsp3) is 0.292. The third-order valence-corrected chi connectivity index (χ3v) is 5.20. The molecule has 3 aromatic rings. The summed E-state index contributed by atoms with van der Waals surface area (Å²) < 4.78 is 31.5. The Morgan fingerprint density at radius 2 is 2.00 bits per heavy atom. The summed E-state index contributed by atoms with van der Waals surface area (Å²) in [7, 11) is 1.65. The lowest BCUT2D eigenvalue weighted by Gasteiger charge is -2.24. The van der Waals surface area contributed by atoms with Crippen molar-refractivity contribution in [2.24, 2.45) is 0 Å². The van der Waals surface area contributed by atoms with Crippen LogP contribution in [-0.2, 0) is 17.8 Å². The summed E-state index contributed by atoms with van der Waals surface area (Å²) in [5.41, 5.74) is 2.38.